The van der Waals surface area contributed by atoms with Crippen molar-refractivity contribution >= 4 is 10.4 Å². The second-order valence-electron chi connectivity index (χ2n) is 4.86. The third-order valence-electron chi connectivity index (χ3n) is 3.10. The Bertz CT molecular complexity index is 364. The van der Waals surface area contributed by atoms with Crippen LogP contribution in [-0.4, -0.2) is 30.2 Å². The molecule has 0 bridgehead atoms. The van der Waals surface area contributed by atoms with Crippen molar-refractivity contribution in [2.45, 2.75) is 70.4 Å². The minimum absolute atomic E-state index is 0.0192. The van der Waals surface area contributed by atoms with Crippen molar-refractivity contribution in [3.8, 4) is 0 Å². The largest absolute Gasteiger partial charge is 0.405 e. The average Bonchev–Trinajstić information content (AvgIpc) is 2.36. The van der Waals surface area contributed by atoms with Gasteiger partial charge in [-0.3, -0.25) is 0 Å². The van der Waals surface area contributed by atoms with E-state index in [4.69, 9.17) is 0 Å². The highest BCUT2D eigenvalue weighted by Gasteiger charge is 2.60. The summed E-state index contributed by atoms with van der Waals surface area (Å²) in [6.07, 6.45) is 5.87. The summed E-state index contributed by atoms with van der Waals surface area (Å²) in [7, 11) is -4.31. The molecule has 1 heterocycles. The molecule has 0 aromatic rings. The molecule has 0 radical (unpaired) electrons. The van der Waals surface area contributed by atoms with Gasteiger partial charge in [0.25, 0.3) is 0 Å². The first-order valence-corrected chi connectivity index (χ1v) is 7.67. The van der Waals surface area contributed by atoms with E-state index in [2.05, 4.69) is 15.3 Å². The van der Waals surface area contributed by atoms with E-state index in [0.29, 0.717) is 6.42 Å². The minimum atomic E-state index is -4.31. The van der Waals surface area contributed by atoms with Crippen LogP contribution in [0.3, 0.4) is 0 Å². The van der Waals surface area contributed by atoms with Crippen LogP contribution in [0.1, 0.15) is 58.8 Å². The highest BCUT2D eigenvalue weighted by atomic mass is 32.3. The van der Waals surface area contributed by atoms with Gasteiger partial charge in [0.15, 0.2) is 0 Å². The Morgan fingerprint density at radius 2 is 1.56 bits per heavy atom. The van der Waals surface area contributed by atoms with Crippen molar-refractivity contribution in [2.75, 3.05) is 0 Å². The topological polar surface area (TPSA) is 93.1 Å². The van der Waals surface area contributed by atoms with Gasteiger partial charge in [0.1, 0.15) is 0 Å². The molecule has 0 amide bonds. The Balaban J connectivity index is 2.41. The SMILES string of the molecule is CCCCCCCCC1(O)OS(=O)(=O)OC1(C)O. The van der Waals surface area contributed by atoms with Crippen LogP contribution in [0, 0.1) is 0 Å². The first kappa shape index (κ1) is 15.8. The predicted octanol–water partition coefficient (Wildman–Crippen LogP) is 1.43. The highest BCUT2D eigenvalue weighted by Crippen LogP contribution is 2.39. The standard InChI is InChI=1S/C11H22O6S/c1-3-4-5-6-7-8-9-11(13)10(2,12)16-18(14,15)17-11/h12-13H,3-9H2,1-2H3. The fourth-order valence-electron chi connectivity index (χ4n) is 1.95. The molecule has 1 rings (SSSR count). The summed E-state index contributed by atoms with van der Waals surface area (Å²) in [5.41, 5.74) is 0. The Morgan fingerprint density at radius 3 is 2.06 bits per heavy atom. The molecular formula is C11H22O6S. The van der Waals surface area contributed by atoms with E-state index in [0.717, 1.165) is 39.0 Å². The summed E-state index contributed by atoms with van der Waals surface area (Å²) in [6, 6.07) is 0. The lowest BCUT2D eigenvalue weighted by molar-refractivity contribution is -0.287. The fraction of sp³-hybridized carbons (Fsp3) is 1.00. The van der Waals surface area contributed by atoms with Crippen LogP contribution in [0.4, 0.5) is 0 Å². The maximum absolute atomic E-state index is 11.1. The normalized spacial score (nSPS) is 34.9. The lowest BCUT2D eigenvalue weighted by atomic mass is 9.99. The van der Waals surface area contributed by atoms with E-state index in [-0.39, 0.29) is 6.42 Å². The second-order valence-corrected chi connectivity index (χ2v) is 6.01. The van der Waals surface area contributed by atoms with Gasteiger partial charge in [-0.25, -0.2) is 8.37 Å². The summed E-state index contributed by atoms with van der Waals surface area (Å²) >= 11 is 0. The Kier molecular flexibility index (Phi) is 5.13. The number of unbranched alkanes of at least 4 members (excludes halogenated alkanes) is 5. The van der Waals surface area contributed by atoms with Crippen LogP contribution in [0.15, 0.2) is 0 Å². The molecule has 0 aliphatic carbocycles. The van der Waals surface area contributed by atoms with Gasteiger partial charge in [0, 0.05) is 6.42 Å². The molecule has 0 saturated carbocycles. The molecule has 108 valence electrons. The molecule has 6 nitrogen and oxygen atoms in total. The third-order valence-corrected chi connectivity index (χ3v) is 4.11. The first-order valence-electron chi connectivity index (χ1n) is 6.33. The van der Waals surface area contributed by atoms with Crippen molar-refractivity contribution in [3.63, 3.8) is 0 Å². The summed E-state index contributed by atoms with van der Waals surface area (Å²) in [5, 5.41) is 19.7. The maximum Gasteiger partial charge on any atom is 0.405 e. The van der Waals surface area contributed by atoms with E-state index in [1.807, 2.05) is 0 Å². The zero-order valence-corrected chi connectivity index (χ0v) is 11.7. The molecule has 1 saturated heterocycles. The number of hydrogen-bond acceptors (Lipinski definition) is 6. The summed E-state index contributed by atoms with van der Waals surface area (Å²) in [5.74, 6) is -4.41. The van der Waals surface area contributed by atoms with E-state index >= 15 is 0 Å². The minimum Gasteiger partial charge on any atom is -0.361 e. The number of hydrogen-bond donors (Lipinski definition) is 2. The van der Waals surface area contributed by atoms with Crippen LogP contribution < -0.4 is 0 Å². The molecule has 2 atom stereocenters. The van der Waals surface area contributed by atoms with E-state index < -0.39 is 22.0 Å². The molecule has 2 N–H and O–H groups in total. The van der Waals surface area contributed by atoms with Gasteiger partial charge in [0.2, 0.25) is 11.6 Å². The Labute approximate surface area is 108 Å². The van der Waals surface area contributed by atoms with Crippen molar-refractivity contribution in [1.82, 2.24) is 0 Å². The lowest BCUT2D eigenvalue weighted by Crippen LogP contribution is -2.49. The molecule has 1 fully saturated rings. The predicted molar refractivity (Wildman–Crippen MR) is 64.7 cm³/mol. The molecule has 0 spiro atoms. The second kappa shape index (κ2) is 5.83. The highest BCUT2D eigenvalue weighted by molar-refractivity contribution is 7.82. The average molecular weight is 282 g/mol. The van der Waals surface area contributed by atoms with Crippen molar-refractivity contribution < 1.29 is 27.0 Å². The van der Waals surface area contributed by atoms with Gasteiger partial charge < -0.3 is 10.2 Å². The van der Waals surface area contributed by atoms with Gasteiger partial charge in [-0.2, -0.15) is 8.42 Å². The molecule has 7 heteroatoms. The lowest BCUT2D eigenvalue weighted by Gasteiger charge is -2.28. The van der Waals surface area contributed by atoms with Crippen LogP contribution in [-0.2, 0) is 18.8 Å². The number of rotatable bonds is 7. The summed E-state index contributed by atoms with van der Waals surface area (Å²) in [6.45, 7) is 3.20. The van der Waals surface area contributed by atoms with Crippen molar-refractivity contribution in [3.05, 3.63) is 0 Å². The van der Waals surface area contributed by atoms with Gasteiger partial charge >= 0.3 is 10.4 Å². The van der Waals surface area contributed by atoms with Crippen LogP contribution in [0.2, 0.25) is 0 Å². The van der Waals surface area contributed by atoms with Gasteiger partial charge in [0.05, 0.1) is 0 Å². The molecule has 0 aromatic heterocycles. The third kappa shape index (κ3) is 3.89. The molecular weight excluding hydrogens is 260 g/mol. The Morgan fingerprint density at radius 1 is 1.00 bits per heavy atom. The van der Waals surface area contributed by atoms with Gasteiger partial charge in [-0.1, -0.05) is 39.0 Å². The quantitative estimate of drug-likeness (QED) is 0.686. The molecule has 0 aromatic carbocycles. The van der Waals surface area contributed by atoms with E-state index in [1.165, 1.54) is 0 Å². The monoisotopic (exact) mass is 282 g/mol. The zero-order valence-electron chi connectivity index (χ0n) is 10.9. The van der Waals surface area contributed by atoms with Crippen LogP contribution in [0.25, 0.3) is 0 Å². The molecule has 1 aliphatic rings. The van der Waals surface area contributed by atoms with Crippen molar-refractivity contribution in [1.29, 1.82) is 0 Å². The van der Waals surface area contributed by atoms with Crippen LogP contribution >= 0.6 is 0 Å². The smallest absolute Gasteiger partial charge is 0.361 e. The molecule has 1 aliphatic heterocycles. The fourth-order valence-corrected chi connectivity index (χ4v) is 3.08. The first-order chi connectivity index (χ1) is 8.22. The molecule has 18 heavy (non-hydrogen) atoms. The zero-order chi connectivity index (χ0) is 13.9. The summed E-state index contributed by atoms with van der Waals surface area (Å²) < 4.78 is 30.9. The van der Waals surface area contributed by atoms with E-state index in [1.54, 1.807) is 0 Å². The molecule has 2 unspecified atom stereocenters. The van der Waals surface area contributed by atoms with E-state index in [9.17, 15) is 18.6 Å². The maximum atomic E-state index is 11.1. The van der Waals surface area contributed by atoms with Gasteiger partial charge in [-0.15, -0.1) is 0 Å². The van der Waals surface area contributed by atoms with Gasteiger partial charge in [-0.05, 0) is 13.3 Å². The van der Waals surface area contributed by atoms with Crippen molar-refractivity contribution in [2.24, 2.45) is 0 Å². The number of aliphatic hydroxyl groups is 2. The van der Waals surface area contributed by atoms with Crippen LogP contribution in [0.5, 0.6) is 0 Å². The Hall–Kier alpha value is -0.210. The summed E-state index contributed by atoms with van der Waals surface area (Å²) in [4.78, 5) is 0.